The van der Waals surface area contributed by atoms with Crippen LogP contribution in [0.3, 0.4) is 0 Å². The summed E-state index contributed by atoms with van der Waals surface area (Å²) in [5, 5.41) is 11.5. The van der Waals surface area contributed by atoms with Crippen LogP contribution in [0, 0.1) is 6.92 Å². The molecule has 0 saturated heterocycles. The largest absolute Gasteiger partial charge is 0.486 e. The highest BCUT2D eigenvalue weighted by molar-refractivity contribution is 7.99. The van der Waals surface area contributed by atoms with Gasteiger partial charge in [0.1, 0.15) is 12.4 Å². The van der Waals surface area contributed by atoms with Crippen LogP contribution in [-0.2, 0) is 17.9 Å². The quantitative estimate of drug-likeness (QED) is 0.403. The van der Waals surface area contributed by atoms with E-state index in [0.717, 1.165) is 11.3 Å². The highest BCUT2D eigenvalue weighted by atomic mass is 32.2. The molecule has 0 spiro atoms. The first-order valence-corrected chi connectivity index (χ1v) is 10.8. The summed E-state index contributed by atoms with van der Waals surface area (Å²) in [5.41, 5.74) is 3.50. The first kappa shape index (κ1) is 21.7. The van der Waals surface area contributed by atoms with E-state index in [2.05, 4.69) is 29.4 Å². The van der Waals surface area contributed by atoms with Crippen molar-refractivity contribution in [2.24, 2.45) is 0 Å². The minimum atomic E-state index is -0.0911. The van der Waals surface area contributed by atoms with Crippen LogP contribution in [-0.4, -0.2) is 26.5 Å². The number of thioether (sulfide) groups is 1. The Bertz CT molecular complexity index is 968. The molecule has 1 aromatic heterocycles. The number of carbonyl (C=O) groups excluding carboxylic acids is 1. The summed E-state index contributed by atoms with van der Waals surface area (Å²) < 4.78 is 7.11. The first-order chi connectivity index (χ1) is 14.4. The van der Waals surface area contributed by atoms with E-state index in [-0.39, 0.29) is 18.3 Å². The Hall–Kier alpha value is -3.00. The van der Waals surface area contributed by atoms with E-state index < -0.39 is 0 Å². The molecule has 30 heavy (non-hydrogen) atoms. The molecule has 0 aliphatic carbocycles. The van der Waals surface area contributed by atoms with Crippen LogP contribution in [0.25, 0.3) is 0 Å². The van der Waals surface area contributed by atoms with Crippen molar-refractivity contribution in [3.05, 3.63) is 71.0 Å². The second-order valence-electron chi connectivity index (χ2n) is 7.33. The van der Waals surface area contributed by atoms with Crippen molar-refractivity contribution in [1.82, 2.24) is 20.2 Å². The molecule has 8 heteroatoms. The fourth-order valence-electron chi connectivity index (χ4n) is 2.69. The van der Waals surface area contributed by atoms with E-state index in [1.807, 2.05) is 55.5 Å². The molecular weight excluding hydrogens is 398 g/mol. The Morgan fingerprint density at radius 2 is 1.83 bits per heavy atom. The van der Waals surface area contributed by atoms with Crippen LogP contribution in [0.15, 0.2) is 53.7 Å². The van der Waals surface area contributed by atoms with Crippen LogP contribution in [0.1, 0.15) is 42.3 Å². The van der Waals surface area contributed by atoms with Gasteiger partial charge in [0.25, 0.3) is 0 Å². The topological polar surface area (TPSA) is 95.1 Å². The predicted molar refractivity (Wildman–Crippen MR) is 119 cm³/mol. The van der Waals surface area contributed by atoms with Gasteiger partial charge in [-0.1, -0.05) is 67.6 Å². The Balaban J connectivity index is 1.46. The van der Waals surface area contributed by atoms with E-state index in [9.17, 15) is 4.79 Å². The number of hydrogen-bond acceptors (Lipinski definition) is 6. The van der Waals surface area contributed by atoms with Gasteiger partial charge in [-0.05, 0) is 36.1 Å². The number of hydrogen-bond donors (Lipinski definition) is 2. The maximum absolute atomic E-state index is 12.1. The van der Waals surface area contributed by atoms with Crippen molar-refractivity contribution < 1.29 is 9.53 Å². The van der Waals surface area contributed by atoms with Crippen molar-refractivity contribution in [3.63, 3.8) is 0 Å². The average Bonchev–Trinajstić information content (AvgIpc) is 3.10. The third kappa shape index (κ3) is 6.00. The van der Waals surface area contributed by atoms with Crippen molar-refractivity contribution >= 4 is 17.7 Å². The molecule has 0 unspecified atom stereocenters. The number of nitrogens with two attached hydrogens (primary N) is 1. The summed E-state index contributed by atoms with van der Waals surface area (Å²) in [6.07, 6.45) is 0. The lowest BCUT2D eigenvalue weighted by Crippen LogP contribution is -2.25. The second kappa shape index (κ2) is 10.2. The number of aryl methyl sites for hydroxylation is 1. The van der Waals surface area contributed by atoms with Gasteiger partial charge in [0, 0.05) is 6.54 Å². The second-order valence-corrected chi connectivity index (χ2v) is 8.27. The molecule has 3 rings (SSSR count). The summed E-state index contributed by atoms with van der Waals surface area (Å²) in [7, 11) is 0. The van der Waals surface area contributed by atoms with Gasteiger partial charge in [-0.2, -0.15) is 0 Å². The lowest BCUT2D eigenvalue weighted by atomic mass is 10.0. The summed E-state index contributed by atoms with van der Waals surface area (Å²) in [5.74, 6) is 7.88. The smallest absolute Gasteiger partial charge is 0.230 e. The maximum atomic E-state index is 12.1. The number of rotatable bonds is 9. The Labute approximate surface area is 181 Å². The fourth-order valence-corrected chi connectivity index (χ4v) is 3.39. The van der Waals surface area contributed by atoms with Gasteiger partial charge in [0.2, 0.25) is 11.1 Å². The fraction of sp³-hybridized carbons (Fsp3) is 0.318. The molecule has 158 valence electrons. The summed E-state index contributed by atoms with van der Waals surface area (Å²) in [6, 6.07) is 16.0. The molecule has 0 saturated carbocycles. The van der Waals surface area contributed by atoms with Crippen molar-refractivity contribution in [2.45, 2.75) is 45.0 Å². The van der Waals surface area contributed by atoms with Crippen molar-refractivity contribution in [1.29, 1.82) is 0 Å². The van der Waals surface area contributed by atoms with E-state index >= 15 is 0 Å². The molecule has 2 aromatic carbocycles. The van der Waals surface area contributed by atoms with Gasteiger partial charge >= 0.3 is 0 Å². The van der Waals surface area contributed by atoms with Crippen LogP contribution < -0.4 is 15.9 Å². The Morgan fingerprint density at radius 1 is 1.13 bits per heavy atom. The predicted octanol–water partition coefficient (Wildman–Crippen LogP) is 3.41. The van der Waals surface area contributed by atoms with Crippen LogP contribution >= 0.6 is 11.8 Å². The molecular formula is C22H27N5O2S. The molecule has 0 aliphatic rings. The third-order valence-corrected chi connectivity index (χ3v) is 5.54. The van der Waals surface area contributed by atoms with Crippen molar-refractivity contribution in [2.75, 3.05) is 11.6 Å². The standard InChI is InChI=1S/C22H27N5O2S/c1-15(2)18-8-10-19(11-9-18)29-13-20-25-26-22(27(20)23)30-14-21(28)24-12-17-6-4-16(3)5-7-17/h4-11,15H,12-14,23H2,1-3H3,(H,24,28). The van der Waals surface area contributed by atoms with Gasteiger partial charge in [0.05, 0.1) is 5.75 Å². The lowest BCUT2D eigenvalue weighted by molar-refractivity contribution is -0.118. The van der Waals surface area contributed by atoms with Crippen LogP contribution in [0.2, 0.25) is 0 Å². The monoisotopic (exact) mass is 425 g/mol. The first-order valence-electron chi connectivity index (χ1n) is 9.79. The van der Waals surface area contributed by atoms with Gasteiger partial charge < -0.3 is 15.9 Å². The average molecular weight is 426 g/mol. The molecule has 0 radical (unpaired) electrons. The van der Waals surface area contributed by atoms with E-state index in [0.29, 0.717) is 23.4 Å². The number of nitrogen functional groups attached to an aromatic ring is 1. The molecule has 7 nitrogen and oxygen atoms in total. The minimum Gasteiger partial charge on any atom is -0.486 e. The molecule has 0 bridgehead atoms. The van der Waals surface area contributed by atoms with E-state index in [1.165, 1.54) is 27.6 Å². The normalized spacial score (nSPS) is 10.9. The SMILES string of the molecule is Cc1ccc(CNC(=O)CSc2nnc(COc3ccc(C(C)C)cc3)n2N)cc1. The van der Waals surface area contributed by atoms with Crippen LogP contribution in [0.5, 0.6) is 5.75 Å². The molecule has 3 aromatic rings. The van der Waals surface area contributed by atoms with E-state index in [4.69, 9.17) is 10.6 Å². The maximum Gasteiger partial charge on any atom is 0.230 e. The molecule has 1 amide bonds. The number of nitrogens with one attached hydrogen (secondary N) is 1. The highest BCUT2D eigenvalue weighted by Gasteiger charge is 2.13. The van der Waals surface area contributed by atoms with Gasteiger partial charge in [0.15, 0.2) is 5.82 Å². The molecule has 3 N–H and O–H groups in total. The summed E-state index contributed by atoms with van der Waals surface area (Å²) in [4.78, 5) is 12.1. The Morgan fingerprint density at radius 3 is 2.50 bits per heavy atom. The van der Waals surface area contributed by atoms with E-state index in [1.54, 1.807) is 0 Å². The van der Waals surface area contributed by atoms with Gasteiger partial charge in [-0.15, -0.1) is 10.2 Å². The number of carbonyl (C=O) groups is 1. The Kier molecular flexibility index (Phi) is 7.35. The number of amides is 1. The molecule has 0 fully saturated rings. The van der Waals surface area contributed by atoms with Gasteiger partial charge in [-0.25, -0.2) is 4.68 Å². The van der Waals surface area contributed by atoms with Gasteiger partial charge in [-0.3, -0.25) is 4.79 Å². The number of nitrogens with zero attached hydrogens (tertiary/aromatic N) is 3. The molecule has 0 atom stereocenters. The molecule has 1 heterocycles. The summed E-state index contributed by atoms with van der Waals surface area (Å²) in [6.45, 7) is 7.02. The third-order valence-electron chi connectivity index (χ3n) is 4.59. The number of aromatic nitrogens is 3. The molecule has 0 aliphatic heterocycles. The number of benzene rings is 2. The zero-order chi connectivity index (χ0) is 21.5. The zero-order valence-corrected chi connectivity index (χ0v) is 18.3. The number of ether oxygens (including phenoxy) is 1. The summed E-state index contributed by atoms with van der Waals surface area (Å²) >= 11 is 1.24. The van der Waals surface area contributed by atoms with Crippen LogP contribution in [0.4, 0.5) is 0 Å². The lowest BCUT2D eigenvalue weighted by Gasteiger charge is -2.09. The zero-order valence-electron chi connectivity index (χ0n) is 17.5. The highest BCUT2D eigenvalue weighted by Crippen LogP contribution is 2.20. The minimum absolute atomic E-state index is 0.0911. The van der Waals surface area contributed by atoms with Crippen molar-refractivity contribution in [3.8, 4) is 5.75 Å².